The van der Waals surface area contributed by atoms with E-state index in [-0.39, 0.29) is 10.7 Å². The Bertz CT molecular complexity index is 1610. The van der Waals surface area contributed by atoms with Gasteiger partial charge in [-0.25, -0.2) is 14.8 Å². The molecule has 0 spiro atoms. The highest BCUT2D eigenvalue weighted by Crippen LogP contribution is 2.47. The van der Waals surface area contributed by atoms with E-state index in [1.54, 1.807) is 12.3 Å². The lowest BCUT2D eigenvalue weighted by atomic mass is 10.1. The van der Waals surface area contributed by atoms with Crippen molar-refractivity contribution in [2.75, 3.05) is 12.2 Å². The number of aromatic nitrogens is 3. The van der Waals surface area contributed by atoms with Crippen LogP contribution in [-0.2, 0) is 9.09 Å². The molecule has 5 aromatic rings. The molecule has 0 saturated carbocycles. The highest BCUT2D eigenvalue weighted by molar-refractivity contribution is 7.68. The number of aromatic carboxylic acids is 1. The summed E-state index contributed by atoms with van der Waals surface area (Å²) >= 11 is 1.02. The van der Waals surface area contributed by atoms with E-state index in [9.17, 15) is 14.5 Å². The fourth-order valence-corrected chi connectivity index (χ4v) is 6.64. The van der Waals surface area contributed by atoms with Gasteiger partial charge < -0.3 is 14.0 Å². The highest BCUT2D eigenvalue weighted by atomic mass is 32.1. The Kier molecular flexibility index (Phi) is 6.22. The van der Waals surface area contributed by atoms with Crippen LogP contribution in [0.15, 0.2) is 73.2 Å². The first-order valence-electron chi connectivity index (χ1n) is 11.1. The standard InChI is InChI=1S/C26H23N4O4PS/c1-16-5-10-21(17(2)13-16)35(33,34-3)29-24-23(26(31)32)36-25(28-24)19-8-6-18(7-9-19)20-14-22-27-11-4-12-30(22)15-20/h4-15H,1-3H3,(H,29,33)(H,31,32). The molecule has 8 nitrogen and oxygen atoms in total. The average molecular weight is 519 g/mol. The lowest BCUT2D eigenvalue weighted by Crippen LogP contribution is -2.17. The Morgan fingerprint density at radius 2 is 1.83 bits per heavy atom. The SMILES string of the molecule is COP(=O)(Nc1nc(-c2ccc(-c3cc4ncccn4c3)cc2)sc1C(=O)O)c1ccc(C)cc1C. The maximum Gasteiger partial charge on any atom is 0.349 e. The van der Waals surface area contributed by atoms with E-state index in [4.69, 9.17) is 4.52 Å². The molecule has 0 aliphatic carbocycles. The summed E-state index contributed by atoms with van der Waals surface area (Å²) in [5, 5.41) is 13.6. The molecule has 0 bridgehead atoms. The number of nitrogens with one attached hydrogen (secondary N) is 1. The van der Waals surface area contributed by atoms with Crippen LogP contribution in [0.2, 0.25) is 0 Å². The summed E-state index contributed by atoms with van der Waals surface area (Å²) < 4.78 is 21.1. The molecule has 0 aliphatic heterocycles. The number of thiazole rings is 1. The van der Waals surface area contributed by atoms with Crippen molar-refractivity contribution in [2.24, 2.45) is 0 Å². The minimum Gasteiger partial charge on any atom is -0.477 e. The number of anilines is 1. The fraction of sp³-hybridized carbons (Fsp3) is 0.115. The van der Waals surface area contributed by atoms with E-state index in [1.807, 2.05) is 79.2 Å². The molecule has 0 aliphatic rings. The number of rotatable bonds is 7. The van der Waals surface area contributed by atoms with Gasteiger partial charge >= 0.3 is 13.5 Å². The second-order valence-corrected chi connectivity index (χ2v) is 11.5. The second-order valence-electron chi connectivity index (χ2n) is 8.33. The van der Waals surface area contributed by atoms with Crippen LogP contribution in [0, 0.1) is 13.8 Å². The van der Waals surface area contributed by atoms with Crippen molar-refractivity contribution in [2.45, 2.75) is 13.8 Å². The van der Waals surface area contributed by atoms with Gasteiger partial charge in [-0.3, -0.25) is 9.65 Å². The smallest absolute Gasteiger partial charge is 0.349 e. The van der Waals surface area contributed by atoms with Crippen molar-refractivity contribution in [3.63, 3.8) is 0 Å². The normalized spacial score (nSPS) is 13.0. The quantitative estimate of drug-likeness (QED) is 0.254. The average Bonchev–Trinajstić information content (AvgIpc) is 3.48. The van der Waals surface area contributed by atoms with Crippen LogP contribution in [-0.4, -0.2) is 32.6 Å². The molecule has 0 saturated heterocycles. The summed E-state index contributed by atoms with van der Waals surface area (Å²) in [5.74, 6) is -1.14. The largest absolute Gasteiger partial charge is 0.477 e. The zero-order chi connectivity index (χ0) is 25.4. The number of carboxylic acid groups (broad SMARTS) is 1. The molecular weight excluding hydrogens is 495 g/mol. The molecule has 1 unspecified atom stereocenters. The summed E-state index contributed by atoms with van der Waals surface area (Å²) in [4.78, 5) is 20.8. The number of hydrogen-bond donors (Lipinski definition) is 2. The second kappa shape index (κ2) is 9.35. The van der Waals surface area contributed by atoms with Crippen molar-refractivity contribution in [1.82, 2.24) is 14.4 Å². The Morgan fingerprint density at radius 1 is 1.08 bits per heavy atom. The fourth-order valence-electron chi connectivity index (χ4n) is 4.05. The molecule has 2 aromatic carbocycles. The van der Waals surface area contributed by atoms with E-state index in [1.165, 1.54) is 7.11 Å². The first kappa shape index (κ1) is 23.9. The number of carbonyl (C=O) groups is 1. The minimum atomic E-state index is -3.62. The van der Waals surface area contributed by atoms with Gasteiger partial charge in [-0.1, -0.05) is 42.0 Å². The van der Waals surface area contributed by atoms with Gasteiger partial charge in [0.15, 0.2) is 10.7 Å². The van der Waals surface area contributed by atoms with Crippen molar-refractivity contribution in [3.8, 4) is 21.7 Å². The minimum absolute atomic E-state index is 0.0153. The lowest BCUT2D eigenvalue weighted by Gasteiger charge is -2.20. The van der Waals surface area contributed by atoms with Gasteiger partial charge in [0.25, 0.3) is 0 Å². The molecule has 36 heavy (non-hydrogen) atoms. The summed E-state index contributed by atoms with van der Waals surface area (Å²) in [6.45, 7) is 3.78. The number of fused-ring (bicyclic) bond motifs is 1. The highest BCUT2D eigenvalue weighted by Gasteiger charge is 2.31. The summed E-state index contributed by atoms with van der Waals surface area (Å²) in [5.41, 5.74) is 5.42. The monoisotopic (exact) mass is 518 g/mol. The van der Waals surface area contributed by atoms with Gasteiger partial charge in [-0.05, 0) is 43.2 Å². The summed E-state index contributed by atoms with van der Waals surface area (Å²) in [6.07, 6.45) is 5.69. The van der Waals surface area contributed by atoms with Gasteiger partial charge in [0.05, 0.1) is 5.30 Å². The predicted molar refractivity (Wildman–Crippen MR) is 142 cm³/mol. The first-order chi connectivity index (χ1) is 17.3. The lowest BCUT2D eigenvalue weighted by molar-refractivity contribution is 0.0703. The Morgan fingerprint density at radius 3 is 2.50 bits per heavy atom. The third kappa shape index (κ3) is 4.44. The number of benzene rings is 2. The first-order valence-corrected chi connectivity index (χ1v) is 13.5. The number of carboxylic acids is 1. The molecule has 1 atom stereocenters. The zero-order valence-corrected chi connectivity index (χ0v) is 21.5. The van der Waals surface area contributed by atoms with Crippen LogP contribution < -0.4 is 10.4 Å². The molecule has 0 radical (unpaired) electrons. The number of nitrogens with zero attached hydrogens (tertiary/aromatic N) is 3. The third-order valence-electron chi connectivity index (χ3n) is 5.83. The van der Waals surface area contributed by atoms with Crippen LogP contribution in [0.5, 0.6) is 0 Å². The molecule has 3 aromatic heterocycles. The molecule has 5 rings (SSSR count). The Balaban J connectivity index is 1.48. The third-order valence-corrected chi connectivity index (χ3v) is 9.08. The maximum absolute atomic E-state index is 13.7. The van der Waals surface area contributed by atoms with Gasteiger partial charge in [0.2, 0.25) is 0 Å². The van der Waals surface area contributed by atoms with Gasteiger partial charge in [0, 0.05) is 36.8 Å². The van der Waals surface area contributed by atoms with Crippen LogP contribution in [0.4, 0.5) is 5.82 Å². The van der Waals surface area contributed by atoms with Crippen molar-refractivity contribution < 1.29 is 19.0 Å². The molecular formula is C26H23N4O4PS. The molecule has 10 heteroatoms. The van der Waals surface area contributed by atoms with E-state index in [0.717, 1.165) is 44.8 Å². The van der Waals surface area contributed by atoms with E-state index in [0.29, 0.717) is 10.3 Å². The Hall–Kier alpha value is -3.78. The van der Waals surface area contributed by atoms with Crippen molar-refractivity contribution in [3.05, 3.63) is 89.2 Å². The topological polar surface area (TPSA) is 106 Å². The molecule has 0 fully saturated rings. The molecule has 182 valence electrons. The molecule has 0 amide bonds. The Labute approximate surface area is 211 Å². The van der Waals surface area contributed by atoms with Crippen molar-refractivity contribution in [1.29, 1.82) is 0 Å². The van der Waals surface area contributed by atoms with Gasteiger partial charge in [-0.15, -0.1) is 11.3 Å². The van der Waals surface area contributed by atoms with E-state index >= 15 is 0 Å². The van der Waals surface area contributed by atoms with Crippen LogP contribution in [0.25, 0.3) is 27.3 Å². The van der Waals surface area contributed by atoms with E-state index in [2.05, 4.69) is 15.1 Å². The number of hydrogen-bond acceptors (Lipinski definition) is 6. The number of aryl methyl sites for hydroxylation is 2. The molecule has 3 heterocycles. The van der Waals surface area contributed by atoms with Crippen LogP contribution >= 0.6 is 18.9 Å². The van der Waals surface area contributed by atoms with Gasteiger partial charge in [0.1, 0.15) is 10.7 Å². The zero-order valence-electron chi connectivity index (χ0n) is 19.8. The van der Waals surface area contributed by atoms with Crippen molar-refractivity contribution >= 4 is 41.6 Å². The summed E-state index contributed by atoms with van der Waals surface area (Å²) in [6, 6.07) is 17.0. The predicted octanol–water partition coefficient (Wildman–Crippen LogP) is 6.02. The molecule has 2 N–H and O–H groups in total. The van der Waals surface area contributed by atoms with E-state index < -0.39 is 13.5 Å². The van der Waals surface area contributed by atoms with Crippen LogP contribution in [0.3, 0.4) is 0 Å². The summed E-state index contributed by atoms with van der Waals surface area (Å²) in [7, 11) is -2.28. The van der Waals surface area contributed by atoms with Gasteiger partial charge in [-0.2, -0.15) is 0 Å². The maximum atomic E-state index is 13.7. The van der Waals surface area contributed by atoms with Crippen LogP contribution in [0.1, 0.15) is 20.8 Å².